The van der Waals surface area contributed by atoms with E-state index >= 15 is 0 Å². The minimum Gasteiger partial charge on any atom is -0.461 e. The summed E-state index contributed by atoms with van der Waals surface area (Å²) >= 11 is 0. The summed E-state index contributed by atoms with van der Waals surface area (Å²) in [6.45, 7) is 1.82. The Bertz CT molecular complexity index is 675. The normalized spacial score (nSPS) is 23.7. The Morgan fingerprint density at radius 3 is 3.17 bits per heavy atom. The third-order valence-electron chi connectivity index (χ3n) is 3.84. The standard InChI is InChI=1S/C16H21N5O3/c1-2-3-14(22)23-9-16(8-17)7-6-13(24-16)11-4-5-12(21-11)15(19)20-10-18/h4-5,10,13,21H,2-3,6-7,9H2,1H3,(H3,18,19,20)/t13-,16-/m1/s1. The van der Waals surface area contributed by atoms with Gasteiger partial charge in [0.1, 0.15) is 24.9 Å². The first-order chi connectivity index (χ1) is 11.5. The molecule has 4 N–H and O–H groups in total. The largest absolute Gasteiger partial charge is 0.461 e. The van der Waals surface area contributed by atoms with Crippen molar-refractivity contribution in [2.75, 3.05) is 6.61 Å². The number of ether oxygens (including phenoxy) is 2. The summed E-state index contributed by atoms with van der Waals surface area (Å²) in [6.07, 6.45) is 2.69. The van der Waals surface area contributed by atoms with Gasteiger partial charge in [-0.2, -0.15) is 5.26 Å². The van der Waals surface area contributed by atoms with Crippen LogP contribution in [0.3, 0.4) is 0 Å². The number of aromatic amines is 1. The summed E-state index contributed by atoms with van der Waals surface area (Å²) in [5.41, 5.74) is 5.96. The molecule has 128 valence electrons. The highest BCUT2D eigenvalue weighted by molar-refractivity contribution is 5.99. The van der Waals surface area contributed by atoms with Crippen molar-refractivity contribution in [3.05, 3.63) is 23.5 Å². The molecule has 0 spiro atoms. The molecule has 2 atom stereocenters. The number of aliphatic imine (C=N–C) groups is 1. The van der Waals surface area contributed by atoms with Gasteiger partial charge in [0.2, 0.25) is 0 Å². The third-order valence-corrected chi connectivity index (χ3v) is 3.84. The quantitative estimate of drug-likeness (QED) is 0.397. The van der Waals surface area contributed by atoms with Crippen molar-refractivity contribution in [1.82, 2.24) is 4.98 Å². The van der Waals surface area contributed by atoms with Crippen molar-refractivity contribution < 1.29 is 14.3 Å². The summed E-state index contributed by atoms with van der Waals surface area (Å²) in [4.78, 5) is 18.3. The molecule has 1 aromatic rings. The van der Waals surface area contributed by atoms with Crippen LogP contribution in [0.15, 0.2) is 17.1 Å². The molecule has 0 aliphatic carbocycles. The fraction of sp³-hybridized carbons (Fsp3) is 0.500. The van der Waals surface area contributed by atoms with E-state index < -0.39 is 5.60 Å². The van der Waals surface area contributed by atoms with Crippen molar-refractivity contribution in [1.29, 1.82) is 10.7 Å². The number of nitrogens with zero attached hydrogens (tertiary/aromatic N) is 2. The lowest BCUT2D eigenvalue weighted by atomic mass is 10.0. The maximum atomic E-state index is 11.5. The zero-order chi connectivity index (χ0) is 17.6. The van der Waals surface area contributed by atoms with Crippen LogP contribution in [0, 0.1) is 16.7 Å². The number of hydrogen-bond donors (Lipinski definition) is 3. The van der Waals surface area contributed by atoms with Crippen LogP contribution in [0.25, 0.3) is 0 Å². The molecule has 0 aromatic carbocycles. The number of nitrogens with one attached hydrogen (secondary N) is 2. The molecule has 0 amide bonds. The number of esters is 1. The predicted octanol–water partition coefficient (Wildman–Crippen LogP) is 1.78. The highest BCUT2D eigenvalue weighted by Gasteiger charge is 2.43. The van der Waals surface area contributed by atoms with Gasteiger partial charge in [-0.3, -0.25) is 10.2 Å². The summed E-state index contributed by atoms with van der Waals surface area (Å²) in [5.74, 6) is -0.119. The molecule has 0 saturated carbocycles. The molecule has 1 aliphatic rings. The van der Waals surface area contributed by atoms with Gasteiger partial charge >= 0.3 is 5.97 Å². The van der Waals surface area contributed by atoms with Crippen LogP contribution in [0.4, 0.5) is 0 Å². The van der Waals surface area contributed by atoms with E-state index in [4.69, 9.17) is 20.6 Å². The molecule has 1 fully saturated rings. The van der Waals surface area contributed by atoms with Crippen LogP contribution in [0.2, 0.25) is 0 Å². The van der Waals surface area contributed by atoms with Gasteiger partial charge in [-0.1, -0.05) is 6.92 Å². The Hall–Kier alpha value is -2.66. The number of carbonyl (C=O) groups excluding carboxylic acids is 1. The first kappa shape index (κ1) is 17.7. The minimum atomic E-state index is -1.12. The fourth-order valence-electron chi connectivity index (χ4n) is 2.56. The van der Waals surface area contributed by atoms with Crippen molar-refractivity contribution in [3.63, 3.8) is 0 Å². The van der Waals surface area contributed by atoms with Crippen molar-refractivity contribution in [2.45, 2.75) is 44.3 Å². The predicted molar refractivity (Wildman–Crippen MR) is 87.6 cm³/mol. The smallest absolute Gasteiger partial charge is 0.305 e. The molecule has 8 heteroatoms. The first-order valence-corrected chi connectivity index (χ1v) is 7.79. The maximum Gasteiger partial charge on any atom is 0.305 e. The van der Waals surface area contributed by atoms with Crippen molar-refractivity contribution in [3.8, 4) is 6.07 Å². The van der Waals surface area contributed by atoms with Crippen LogP contribution in [-0.4, -0.2) is 35.3 Å². The van der Waals surface area contributed by atoms with E-state index in [9.17, 15) is 10.1 Å². The highest BCUT2D eigenvalue weighted by Crippen LogP contribution is 2.39. The number of aromatic nitrogens is 1. The van der Waals surface area contributed by atoms with Crippen LogP contribution in [0.1, 0.15) is 50.1 Å². The second-order valence-corrected chi connectivity index (χ2v) is 5.63. The number of hydrogen-bond acceptors (Lipinski definition) is 5. The lowest BCUT2D eigenvalue weighted by Gasteiger charge is -2.21. The molecular formula is C16H21N5O3. The summed E-state index contributed by atoms with van der Waals surface area (Å²) in [6, 6.07) is 5.69. The van der Waals surface area contributed by atoms with Gasteiger partial charge in [-0.25, -0.2) is 4.99 Å². The molecule has 0 radical (unpaired) electrons. The fourth-order valence-corrected chi connectivity index (χ4v) is 2.56. The zero-order valence-electron chi connectivity index (χ0n) is 13.5. The Morgan fingerprint density at radius 1 is 1.71 bits per heavy atom. The van der Waals surface area contributed by atoms with Gasteiger partial charge in [0.25, 0.3) is 0 Å². The number of nitriles is 1. The van der Waals surface area contributed by atoms with Crippen LogP contribution < -0.4 is 5.73 Å². The van der Waals surface area contributed by atoms with E-state index in [1.54, 1.807) is 6.07 Å². The van der Waals surface area contributed by atoms with Gasteiger partial charge in [-0.05, 0) is 31.4 Å². The van der Waals surface area contributed by atoms with Crippen molar-refractivity contribution in [2.24, 2.45) is 10.7 Å². The van der Waals surface area contributed by atoms with E-state index in [0.29, 0.717) is 31.4 Å². The van der Waals surface area contributed by atoms with E-state index in [0.717, 1.165) is 12.0 Å². The number of amidine groups is 1. The second kappa shape index (κ2) is 7.75. The minimum absolute atomic E-state index is 0.0657. The molecule has 0 unspecified atom stereocenters. The SMILES string of the molecule is CCCC(=O)OC[C@]1(C#N)CC[C@H](c2ccc(C(N)=NC=N)[nH]2)O1. The molecule has 2 rings (SSSR count). The number of nitrogens with two attached hydrogens (primary N) is 1. The summed E-state index contributed by atoms with van der Waals surface area (Å²) in [5, 5.41) is 16.4. The highest BCUT2D eigenvalue weighted by atomic mass is 16.6. The van der Waals surface area contributed by atoms with E-state index in [-0.39, 0.29) is 24.5 Å². The molecular weight excluding hydrogens is 310 g/mol. The average Bonchev–Trinajstić information content (AvgIpc) is 3.21. The molecule has 24 heavy (non-hydrogen) atoms. The topological polar surface area (TPSA) is 137 Å². The van der Waals surface area contributed by atoms with E-state index in [2.05, 4.69) is 16.0 Å². The molecule has 1 saturated heterocycles. The lowest BCUT2D eigenvalue weighted by molar-refractivity contribution is -0.151. The third kappa shape index (κ3) is 4.00. The van der Waals surface area contributed by atoms with Gasteiger partial charge in [0.05, 0.1) is 11.8 Å². The number of H-pyrrole nitrogens is 1. The van der Waals surface area contributed by atoms with Crippen LogP contribution in [-0.2, 0) is 14.3 Å². The van der Waals surface area contributed by atoms with Gasteiger partial charge in [0, 0.05) is 12.1 Å². The lowest BCUT2D eigenvalue weighted by Crippen LogP contribution is -2.33. The van der Waals surface area contributed by atoms with Crippen LogP contribution >= 0.6 is 0 Å². The number of carbonyl (C=O) groups is 1. The molecule has 1 aliphatic heterocycles. The molecule has 1 aromatic heterocycles. The Kier molecular flexibility index (Phi) is 5.71. The van der Waals surface area contributed by atoms with E-state index in [1.165, 1.54) is 0 Å². The van der Waals surface area contributed by atoms with Gasteiger partial charge < -0.3 is 20.2 Å². The average molecular weight is 331 g/mol. The summed E-state index contributed by atoms with van der Waals surface area (Å²) in [7, 11) is 0. The monoisotopic (exact) mass is 331 g/mol. The van der Waals surface area contributed by atoms with E-state index in [1.807, 2.05) is 13.0 Å². The Morgan fingerprint density at radius 2 is 2.50 bits per heavy atom. The molecule has 2 heterocycles. The van der Waals surface area contributed by atoms with Crippen molar-refractivity contribution >= 4 is 18.1 Å². The second-order valence-electron chi connectivity index (χ2n) is 5.63. The Balaban J connectivity index is 2.03. The van der Waals surface area contributed by atoms with Gasteiger partial charge in [0.15, 0.2) is 5.60 Å². The maximum absolute atomic E-state index is 11.5. The summed E-state index contributed by atoms with van der Waals surface area (Å²) < 4.78 is 11.0. The first-order valence-electron chi connectivity index (χ1n) is 7.79. The molecule has 8 nitrogen and oxygen atoms in total. The number of rotatable bonds is 7. The van der Waals surface area contributed by atoms with Gasteiger partial charge in [-0.15, -0.1) is 0 Å². The van der Waals surface area contributed by atoms with Crippen LogP contribution in [0.5, 0.6) is 0 Å². The molecule has 0 bridgehead atoms. The Labute approximate surface area is 140 Å². The zero-order valence-corrected chi connectivity index (χ0v) is 13.5.